The average molecular weight is 503 g/mol. The molecule has 188 valence electrons. The van der Waals surface area contributed by atoms with Gasteiger partial charge in [0.25, 0.3) is 5.91 Å². The number of aliphatic hydroxyl groups excluding tert-OH is 1. The number of likely N-dealkylation sites (tertiary alicyclic amines) is 1. The van der Waals surface area contributed by atoms with E-state index in [1.54, 1.807) is 18.4 Å². The van der Waals surface area contributed by atoms with Crippen LogP contribution in [-0.4, -0.2) is 47.3 Å². The van der Waals surface area contributed by atoms with E-state index in [0.717, 1.165) is 53.4 Å². The predicted molar refractivity (Wildman–Crippen MR) is 147 cm³/mol. The molecule has 1 aliphatic carbocycles. The first kappa shape index (κ1) is 23.6. The number of thiophene rings is 1. The van der Waals surface area contributed by atoms with Crippen molar-refractivity contribution in [1.82, 2.24) is 9.47 Å². The fourth-order valence-corrected chi connectivity index (χ4v) is 7.14. The van der Waals surface area contributed by atoms with Crippen LogP contribution in [-0.2, 0) is 13.0 Å². The normalized spacial score (nSPS) is 18.3. The molecule has 6 rings (SSSR count). The van der Waals surface area contributed by atoms with E-state index >= 15 is 0 Å². The van der Waals surface area contributed by atoms with E-state index in [1.807, 2.05) is 17.0 Å². The van der Waals surface area contributed by atoms with Crippen LogP contribution in [0.15, 0.2) is 42.5 Å². The van der Waals surface area contributed by atoms with Gasteiger partial charge in [-0.05, 0) is 73.8 Å². The maximum atomic E-state index is 13.5. The quantitative estimate of drug-likeness (QED) is 0.320. The van der Waals surface area contributed by atoms with Crippen molar-refractivity contribution in [3.05, 3.63) is 53.6 Å². The molecular weight excluding hydrogens is 468 g/mol. The van der Waals surface area contributed by atoms with Crippen molar-refractivity contribution in [2.24, 2.45) is 11.8 Å². The Hall–Kier alpha value is -2.83. The number of para-hydroxylation sites is 1. The molecule has 2 aromatic carbocycles. The van der Waals surface area contributed by atoms with E-state index in [0.29, 0.717) is 17.9 Å². The third-order valence-electron chi connectivity index (χ3n) is 7.81. The second-order valence-electron chi connectivity index (χ2n) is 10.6. The number of carbonyl (C=O) groups is 1. The van der Waals surface area contributed by atoms with Gasteiger partial charge in [0, 0.05) is 52.8 Å². The van der Waals surface area contributed by atoms with Crippen molar-refractivity contribution in [1.29, 1.82) is 0 Å². The van der Waals surface area contributed by atoms with Gasteiger partial charge in [-0.3, -0.25) is 4.79 Å². The van der Waals surface area contributed by atoms with E-state index in [2.05, 4.69) is 41.8 Å². The number of methoxy groups -OCH3 is 1. The molecule has 0 unspecified atom stereocenters. The molecule has 1 saturated carbocycles. The smallest absolute Gasteiger partial charge is 0.254 e. The summed E-state index contributed by atoms with van der Waals surface area (Å²) in [6.07, 6.45) is 5.36. The summed E-state index contributed by atoms with van der Waals surface area (Å²) in [5.41, 5.74) is 4.26. The maximum Gasteiger partial charge on any atom is 0.254 e. The van der Waals surface area contributed by atoms with Crippen LogP contribution in [0.5, 0.6) is 5.75 Å². The van der Waals surface area contributed by atoms with Crippen LogP contribution in [0.4, 0.5) is 0 Å². The molecule has 1 N–H and O–H groups in total. The summed E-state index contributed by atoms with van der Waals surface area (Å²) in [4.78, 5) is 16.6. The third kappa shape index (κ3) is 4.20. The zero-order valence-corrected chi connectivity index (χ0v) is 21.9. The van der Waals surface area contributed by atoms with Gasteiger partial charge in [-0.1, -0.05) is 25.1 Å². The Morgan fingerprint density at radius 1 is 1.17 bits per heavy atom. The Balaban J connectivity index is 1.51. The highest BCUT2D eigenvalue weighted by molar-refractivity contribution is 7.22. The SMILES string of the molecule is COc1cc(C(=O)N2CCC[C@@H](C)C2)cc2sc(-c3cc4ccccc4n3CC3CC3)c(CCO)c12. The second-order valence-corrected chi connectivity index (χ2v) is 11.6. The van der Waals surface area contributed by atoms with Crippen molar-refractivity contribution in [3.8, 4) is 16.3 Å². The molecule has 2 aliphatic rings. The summed E-state index contributed by atoms with van der Waals surface area (Å²) < 4.78 is 9.38. The first-order valence-electron chi connectivity index (χ1n) is 13.2. The minimum atomic E-state index is 0.0667. The number of fused-ring (bicyclic) bond motifs is 2. The number of amides is 1. The third-order valence-corrected chi connectivity index (χ3v) is 9.01. The summed E-state index contributed by atoms with van der Waals surface area (Å²) >= 11 is 1.72. The number of piperidine rings is 1. The minimum absolute atomic E-state index is 0.0667. The molecule has 36 heavy (non-hydrogen) atoms. The zero-order chi connectivity index (χ0) is 24.8. The monoisotopic (exact) mass is 502 g/mol. The van der Waals surface area contributed by atoms with Gasteiger partial charge in [0.05, 0.1) is 17.7 Å². The van der Waals surface area contributed by atoms with Gasteiger partial charge in [0.1, 0.15) is 5.75 Å². The maximum absolute atomic E-state index is 13.5. The summed E-state index contributed by atoms with van der Waals surface area (Å²) in [7, 11) is 1.68. The fraction of sp³-hybridized carbons (Fsp3) is 0.433. The zero-order valence-electron chi connectivity index (χ0n) is 21.1. The van der Waals surface area contributed by atoms with E-state index in [4.69, 9.17) is 4.74 Å². The van der Waals surface area contributed by atoms with Gasteiger partial charge in [-0.25, -0.2) is 0 Å². The number of ether oxygens (including phenoxy) is 1. The lowest BCUT2D eigenvalue weighted by Gasteiger charge is -2.31. The molecule has 2 fully saturated rings. The van der Waals surface area contributed by atoms with Crippen LogP contribution >= 0.6 is 11.3 Å². The van der Waals surface area contributed by atoms with Crippen molar-refractivity contribution in [2.75, 3.05) is 26.8 Å². The van der Waals surface area contributed by atoms with Gasteiger partial charge in [0.2, 0.25) is 0 Å². The molecule has 1 saturated heterocycles. The minimum Gasteiger partial charge on any atom is -0.496 e. The highest BCUT2D eigenvalue weighted by atomic mass is 32.1. The second kappa shape index (κ2) is 9.56. The number of hydrogen-bond acceptors (Lipinski definition) is 4. The molecule has 3 heterocycles. The van der Waals surface area contributed by atoms with Gasteiger partial charge in [0.15, 0.2) is 0 Å². The number of rotatable bonds is 7. The summed E-state index contributed by atoms with van der Waals surface area (Å²) in [6, 6.07) is 14.8. The Labute approximate surface area is 216 Å². The Morgan fingerprint density at radius 2 is 2.00 bits per heavy atom. The number of benzene rings is 2. The summed E-state index contributed by atoms with van der Waals surface area (Å²) in [5, 5.41) is 12.3. The van der Waals surface area contributed by atoms with Gasteiger partial charge >= 0.3 is 0 Å². The predicted octanol–water partition coefficient (Wildman–Crippen LogP) is 6.35. The number of nitrogens with zero attached hydrogens (tertiary/aromatic N) is 2. The topological polar surface area (TPSA) is 54.7 Å². The number of carbonyl (C=O) groups excluding carboxylic acids is 1. The Bertz CT molecular complexity index is 1430. The first-order chi connectivity index (χ1) is 17.6. The van der Waals surface area contributed by atoms with Crippen LogP contribution in [0.1, 0.15) is 48.5 Å². The van der Waals surface area contributed by atoms with Crippen LogP contribution in [0.25, 0.3) is 31.6 Å². The van der Waals surface area contributed by atoms with E-state index < -0.39 is 0 Å². The molecule has 0 spiro atoms. The van der Waals surface area contributed by atoms with Gasteiger partial charge in [-0.2, -0.15) is 0 Å². The highest BCUT2D eigenvalue weighted by Crippen LogP contribution is 2.46. The van der Waals surface area contributed by atoms with Crippen LogP contribution in [0.2, 0.25) is 0 Å². The summed E-state index contributed by atoms with van der Waals surface area (Å²) in [6.45, 7) is 4.93. The molecular formula is C30H34N2O3S. The van der Waals surface area contributed by atoms with Crippen LogP contribution < -0.4 is 4.74 Å². The van der Waals surface area contributed by atoms with Crippen LogP contribution in [0, 0.1) is 11.8 Å². The van der Waals surface area contributed by atoms with Crippen molar-refractivity contribution in [2.45, 2.75) is 45.6 Å². The van der Waals surface area contributed by atoms with Gasteiger partial charge in [-0.15, -0.1) is 11.3 Å². The molecule has 6 heteroatoms. The van der Waals surface area contributed by atoms with E-state index in [1.165, 1.54) is 40.7 Å². The number of hydrogen-bond donors (Lipinski definition) is 1. The molecule has 1 aliphatic heterocycles. The molecule has 1 amide bonds. The van der Waals surface area contributed by atoms with E-state index in [-0.39, 0.29) is 12.5 Å². The van der Waals surface area contributed by atoms with Crippen LogP contribution in [0.3, 0.4) is 0 Å². The van der Waals surface area contributed by atoms with Crippen molar-refractivity contribution < 1.29 is 14.6 Å². The number of aromatic nitrogens is 1. The molecule has 2 aromatic heterocycles. The Kier molecular flexibility index (Phi) is 6.26. The lowest BCUT2D eigenvalue weighted by atomic mass is 9.99. The Morgan fingerprint density at radius 3 is 2.75 bits per heavy atom. The van der Waals surface area contributed by atoms with Crippen molar-refractivity contribution >= 4 is 38.2 Å². The lowest BCUT2D eigenvalue weighted by molar-refractivity contribution is 0.0683. The molecule has 0 bridgehead atoms. The van der Waals surface area contributed by atoms with Crippen molar-refractivity contribution in [3.63, 3.8) is 0 Å². The standard InChI is InChI=1S/C30H34N2O3S/c1-19-6-5-12-31(17-19)30(34)22-15-26(35-2)28-23(11-13-33)29(36-27(28)16-22)25-14-21-7-3-4-8-24(21)32(25)18-20-9-10-20/h3-4,7-8,14-16,19-20,33H,5-6,9-13,17-18H2,1-2H3/t19-/m1/s1. The first-order valence-corrected chi connectivity index (χ1v) is 14.0. The molecule has 1 atom stereocenters. The average Bonchev–Trinajstić information content (AvgIpc) is 3.54. The lowest BCUT2D eigenvalue weighted by Crippen LogP contribution is -2.39. The molecule has 0 radical (unpaired) electrons. The fourth-order valence-electron chi connectivity index (χ4n) is 5.80. The molecule has 4 aromatic rings. The highest BCUT2D eigenvalue weighted by Gasteiger charge is 2.28. The van der Waals surface area contributed by atoms with Gasteiger partial charge < -0.3 is 19.3 Å². The summed E-state index contributed by atoms with van der Waals surface area (Å²) in [5.74, 6) is 2.08. The largest absolute Gasteiger partial charge is 0.496 e. The molecule has 5 nitrogen and oxygen atoms in total. The van der Waals surface area contributed by atoms with E-state index in [9.17, 15) is 9.90 Å². The number of aliphatic hydroxyl groups is 1.